The third kappa shape index (κ3) is 4.37. The molecule has 0 saturated carbocycles. The fraction of sp³-hybridized carbons (Fsp3) is 0.412. The van der Waals surface area contributed by atoms with E-state index in [1.54, 1.807) is 29.8 Å². The summed E-state index contributed by atoms with van der Waals surface area (Å²) < 4.78 is 5.14. The van der Waals surface area contributed by atoms with Crippen LogP contribution in [0.5, 0.6) is 0 Å². The van der Waals surface area contributed by atoms with Crippen molar-refractivity contribution in [2.24, 2.45) is 0 Å². The van der Waals surface area contributed by atoms with Crippen molar-refractivity contribution in [3.63, 3.8) is 0 Å². The summed E-state index contributed by atoms with van der Waals surface area (Å²) in [6.45, 7) is 6.78. The molecule has 0 unspecified atom stereocenters. The Morgan fingerprint density at radius 3 is 2.59 bits per heavy atom. The van der Waals surface area contributed by atoms with Gasteiger partial charge in [0.25, 0.3) is 5.91 Å². The molecule has 0 fully saturated rings. The second kappa shape index (κ2) is 7.49. The molecule has 4 nitrogen and oxygen atoms in total. The standard InChI is InChI=1S/C17H22N2O2S/c1-12(2)15-11-16(21-18-15)17(20)19(4)9-10-22-14-7-5-13(3)6-8-14/h5-8,11-12H,9-10H2,1-4H3. The lowest BCUT2D eigenvalue weighted by atomic mass is 10.1. The first-order valence-electron chi connectivity index (χ1n) is 7.39. The molecule has 118 valence electrons. The van der Waals surface area contributed by atoms with Crippen LogP contribution in [0.3, 0.4) is 0 Å². The summed E-state index contributed by atoms with van der Waals surface area (Å²) in [4.78, 5) is 15.1. The number of amides is 1. The predicted octanol–water partition coefficient (Wildman–Crippen LogP) is 3.97. The summed E-state index contributed by atoms with van der Waals surface area (Å²) in [5.41, 5.74) is 2.06. The Kier molecular flexibility index (Phi) is 5.66. The van der Waals surface area contributed by atoms with Crippen LogP contribution in [-0.2, 0) is 0 Å². The van der Waals surface area contributed by atoms with Gasteiger partial charge in [-0.05, 0) is 25.0 Å². The lowest BCUT2D eigenvalue weighted by Gasteiger charge is -2.14. The molecule has 0 spiro atoms. The summed E-state index contributed by atoms with van der Waals surface area (Å²) in [6, 6.07) is 10.1. The van der Waals surface area contributed by atoms with Gasteiger partial charge in [0.05, 0.1) is 5.69 Å². The van der Waals surface area contributed by atoms with Gasteiger partial charge in [0.2, 0.25) is 5.76 Å². The molecule has 22 heavy (non-hydrogen) atoms. The Morgan fingerprint density at radius 2 is 2.00 bits per heavy atom. The van der Waals surface area contributed by atoms with E-state index in [1.165, 1.54) is 10.5 Å². The minimum atomic E-state index is -0.121. The van der Waals surface area contributed by atoms with Crippen LogP contribution in [0.2, 0.25) is 0 Å². The average Bonchev–Trinajstić information content (AvgIpc) is 2.98. The zero-order chi connectivity index (χ0) is 16.1. The van der Waals surface area contributed by atoms with Gasteiger partial charge in [0.1, 0.15) is 0 Å². The van der Waals surface area contributed by atoms with E-state index in [9.17, 15) is 4.79 Å². The van der Waals surface area contributed by atoms with E-state index < -0.39 is 0 Å². The van der Waals surface area contributed by atoms with Crippen LogP contribution in [0, 0.1) is 6.92 Å². The SMILES string of the molecule is Cc1ccc(SCCN(C)C(=O)c2cc(C(C)C)no2)cc1. The fourth-order valence-corrected chi connectivity index (χ4v) is 2.82. The van der Waals surface area contributed by atoms with Crippen LogP contribution < -0.4 is 0 Å². The number of hydrogen-bond acceptors (Lipinski definition) is 4. The Balaban J connectivity index is 1.84. The van der Waals surface area contributed by atoms with Crippen molar-refractivity contribution in [1.29, 1.82) is 0 Å². The monoisotopic (exact) mass is 318 g/mol. The lowest BCUT2D eigenvalue weighted by Crippen LogP contribution is -2.28. The Hall–Kier alpha value is -1.75. The molecule has 0 aliphatic carbocycles. The molecule has 2 aromatic rings. The number of rotatable bonds is 6. The minimum absolute atomic E-state index is 0.121. The maximum Gasteiger partial charge on any atom is 0.292 e. The zero-order valence-corrected chi connectivity index (χ0v) is 14.3. The normalized spacial score (nSPS) is 11.0. The molecule has 1 aromatic carbocycles. The predicted molar refractivity (Wildman–Crippen MR) is 89.5 cm³/mol. The number of aryl methyl sites for hydroxylation is 1. The van der Waals surface area contributed by atoms with Gasteiger partial charge in [-0.3, -0.25) is 4.79 Å². The molecule has 5 heteroatoms. The molecule has 1 aromatic heterocycles. The maximum atomic E-state index is 12.3. The molecule has 0 aliphatic rings. The first-order chi connectivity index (χ1) is 10.5. The van der Waals surface area contributed by atoms with Gasteiger partial charge in [0, 0.05) is 30.3 Å². The number of benzene rings is 1. The van der Waals surface area contributed by atoms with Gasteiger partial charge in [-0.1, -0.05) is 36.7 Å². The van der Waals surface area contributed by atoms with Gasteiger partial charge in [0.15, 0.2) is 0 Å². The van der Waals surface area contributed by atoms with Gasteiger partial charge in [-0.25, -0.2) is 0 Å². The smallest absolute Gasteiger partial charge is 0.292 e. The van der Waals surface area contributed by atoms with Gasteiger partial charge < -0.3 is 9.42 Å². The number of thioether (sulfide) groups is 1. The number of carbonyl (C=O) groups excluding carboxylic acids is 1. The van der Waals surface area contributed by atoms with Crippen molar-refractivity contribution in [1.82, 2.24) is 10.1 Å². The van der Waals surface area contributed by atoms with Crippen LogP contribution in [0.25, 0.3) is 0 Å². The Labute approximate surface area is 135 Å². The molecule has 0 radical (unpaired) electrons. The van der Waals surface area contributed by atoms with Gasteiger partial charge in [-0.15, -0.1) is 11.8 Å². The number of hydrogen-bond donors (Lipinski definition) is 0. The number of nitrogens with zero attached hydrogens (tertiary/aromatic N) is 2. The minimum Gasteiger partial charge on any atom is -0.351 e. The van der Waals surface area contributed by atoms with Crippen LogP contribution in [-0.4, -0.2) is 35.3 Å². The van der Waals surface area contributed by atoms with Crippen molar-refractivity contribution < 1.29 is 9.32 Å². The molecule has 2 rings (SSSR count). The van der Waals surface area contributed by atoms with Crippen molar-refractivity contribution >= 4 is 17.7 Å². The van der Waals surface area contributed by atoms with E-state index in [0.29, 0.717) is 12.3 Å². The van der Waals surface area contributed by atoms with E-state index in [4.69, 9.17) is 4.52 Å². The molecular formula is C17H22N2O2S. The van der Waals surface area contributed by atoms with Crippen molar-refractivity contribution in [3.8, 4) is 0 Å². The van der Waals surface area contributed by atoms with Gasteiger partial charge in [-0.2, -0.15) is 0 Å². The summed E-state index contributed by atoms with van der Waals surface area (Å²) in [5, 5.41) is 3.93. The highest BCUT2D eigenvalue weighted by atomic mass is 32.2. The quantitative estimate of drug-likeness (QED) is 0.756. The zero-order valence-electron chi connectivity index (χ0n) is 13.5. The summed E-state index contributed by atoms with van der Waals surface area (Å²) in [5.74, 6) is 1.29. The molecule has 1 amide bonds. The second-order valence-electron chi connectivity index (χ2n) is 5.66. The third-order valence-electron chi connectivity index (χ3n) is 3.39. The van der Waals surface area contributed by atoms with Crippen molar-refractivity contribution in [2.75, 3.05) is 19.3 Å². The van der Waals surface area contributed by atoms with Crippen LogP contribution in [0.1, 0.15) is 41.6 Å². The summed E-state index contributed by atoms with van der Waals surface area (Å²) in [7, 11) is 1.79. The molecule has 1 heterocycles. The fourth-order valence-electron chi connectivity index (χ4n) is 1.89. The summed E-state index contributed by atoms with van der Waals surface area (Å²) in [6.07, 6.45) is 0. The third-order valence-corrected chi connectivity index (χ3v) is 4.39. The van der Waals surface area contributed by atoms with Crippen molar-refractivity contribution in [3.05, 3.63) is 47.3 Å². The Morgan fingerprint density at radius 1 is 1.32 bits per heavy atom. The summed E-state index contributed by atoms with van der Waals surface area (Å²) >= 11 is 1.74. The Bertz CT molecular complexity index is 620. The molecular weight excluding hydrogens is 296 g/mol. The highest BCUT2D eigenvalue weighted by Crippen LogP contribution is 2.19. The average molecular weight is 318 g/mol. The first-order valence-corrected chi connectivity index (χ1v) is 8.37. The first kappa shape index (κ1) is 16.6. The highest BCUT2D eigenvalue weighted by Gasteiger charge is 2.18. The molecule has 0 bridgehead atoms. The second-order valence-corrected chi connectivity index (χ2v) is 6.83. The number of aromatic nitrogens is 1. The van der Waals surface area contributed by atoms with E-state index in [0.717, 1.165) is 11.4 Å². The topological polar surface area (TPSA) is 46.3 Å². The van der Waals surface area contributed by atoms with Gasteiger partial charge >= 0.3 is 0 Å². The molecule has 0 saturated heterocycles. The van der Waals surface area contributed by atoms with Crippen LogP contribution >= 0.6 is 11.8 Å². The van der Waals surface area contributed by atoms with E-state index in [2.05, 4.69) is 36.3 Å². The van der Waals surface area contributed by atoms with E-state index in [-0.39, 0.29) is 11.8 Å². The van der Waals surface area contributed by atoms with Crippen LogP contribution in [0.4, 0.5) is 0 Å². The van der Waals surface area contributed by atoms with Crippen molar-refractivity contribution in [2.45, 2.75) is 31.6 Å². The molecule has 0 atom stereocenters. The van der Waals surface area contributed by atoms with E-state index in [1.807, 2.05) is 13.8 Å². The largest absolute Gasteiger partial charge is 0.351 e. The van der Waals surface area contributed by atoms with E-state index >= 15 is 0 Å². The molecule has 0 N–H and O–H groups in total. The number of carbonyl (C=O) groups is 1. The molecule has 0 aliphatic heterocycles. The highest BCUT2D eigenvalue weighted by molar-refractivity contribution is 7.99. The maximum absolute atomic E-state index is 12.3. The van der Waals surface area contributed by atoms with Crippen LogP contribution in [0.15, 0.2) is 39.8 Å². The lowest BCUT2D eigenvalue weighted by molar-refractivity contribution is 0.0762.